The molecule has 0 bridgehead atoms. The number of fused-ring (bicyclic) bond motifs is 1. The van der Waals surface area contributed by atoms with Gasteiger partial charge in [0.2, 0.25) is 5.95 Å². The second kappa shape index (κ2) is 8.08. The first kappa shape index (κ1) is 20.2. The van der Waals surface area contributed by atoms with Crippen LogP contribution in [0.2, 0.25) is 0 Å². The van der Waals surface area contributed by atoms with Crippen LogP contribution in [-0.4, -0.2) is 60.4 Å². The van der Waals surface area contributed by atoms with Gasteiger partial charge in [-0.2, -0.15) is 4.98 Å². The van der Waals surface area contributed by atoms with Crippen molar-refractivity contribution < 1.29 is 8.42 Å². The molecule has 4 heterocycles. The molecule has 5 rings (SSSR count). The lowest BCUT2D eigenvalue weighted by Crippen LogP contribution is -2.43. The van der Waals surface area contributed by atoms with E-state index in [0.717, 1.165) is 62.9 Å². The highest BCUT2D eigenvalue weighted by Gasteiger charge is 2.26. The molecular formula is C21H27N7O2S. The Balaban J connectivity index is 1.45. The van der Waals surface area contributed by atoms with Crippen LogP contribution in [0.1, 0.15) is 31.7 Å². The van der Waals surface area contributed by atoms with Crippen molar-refractivity contribution in [2.45, 2.75) is 36.8 Å². The monoisotopic (exact) mass is 441 g/mol. The summed E-state index contributed by atoms with van der Waals surface area (Å²) in [5.74, 6) is 1.06. The Morgan fingerprint density at radius 3 is 2.55 bits per heavy atom. The highest BCUT2D eigenvalue weighted by molar-refractivity contribution is 7.90. The van der Waals surface area contributed by atoms with Gasteiger partial charge in [0.05, 0.1) is 11.9 Å². The van der Waals surface area contributed by atoms with E-state index >= 15 is 0 Å². The quantitative estimate of drug-likeness (QED) is 0.622. The molecule has 3 aromatic heterocycles. The molecule has 9 nitrogen and oxygen atoms in total. The Morgan fingerprint density at radius 1 is 1.10 bits per heavy atom. The van der Waals surface area contributed by atoms with Gasteiger partial charge in [-0.25, -0.2) is 18.4 Å². The van der Waals surface area contributed by atoms with Crippen molar-refractivity contribution in [2.24, 2.45) is 0 Å². The van der Waals surface area contributed by atoms with Crippen LogP contribution in [0, 0.1) is 0 Å². The van der Waals surface area contributed by atoms with E-state index in [1.165, 1.54) is 6.26 Å². The number of nitrogens with one attached hydrogen (secondary N) is 2. The van der Waals surface area contributed by atoms with Crippen LogP contribution in [-0.2, 0) is 9.84 Å². The summed E-state index contributed by atoms with van der Waals surface area (Å²) in [5.41, 5.74) is 1.75. The molecule has 2 N–H and O–H groups in total. The Labute approximate surface area is 181 Å². The van der Waals surface area contributed by atoms with E-state index in [1.54, 1.807) is 12.3 Å². The van der Waals surface area contributed by atoms with Gasteiger partial charge in [-0.1, -0.05) is 12.8 Å². The number of rotatable bonds is 5. The maximum Gasteiger partial charge on any atom is 0.230 e. The van der Waals surface area contributed by atoms with Gasteiger partial charge in [0.25, 0.3) is 0 Å². The molecule has 0 atom stereocenters. The number of sulfone groups is 1. The molecular weight excluding hydrogens is 414 g/mol. The smallest absolute Gasteiger partial charge is 0.230 e. The molecule has 2 fully saturated rings. The zero-order valence-corrected chi connectivity index (χ0v) is 18.4. The molecule has 164 valence electrons. The van der Waals surface area contributed by atoms with Crippen molar-refractivity contribution in [2.75, 3.05) is 42.7 Å². The predicted octanol–water partition coefficient (Wildman–Crippen LogP) is 2.50. The van der Waals surface area contributed by atoms with E-state index in [-0.39, 0.29) is 6.04 Å². The van der Waals surface area contributed by atoms with E-state index in [2.05, 4.69) is 30.5 Å². The van der Waals surface area contributed by atoms with Gasteiger partial charge >= 0.3 is 0 Å². The van der Waals surface area contributed by atoms with Gasteiger partial charge in [0, 0.05) is 50.1 Å². The summed E-state index contributed by atoms with van der Waals surface area (Å²) >= 11 is 0. The Kier molecular flexibility index (Phi) is 5.27. The van der Waals surface area contributed by atoms with Gasteiger partial charge < -0.3 is 20.1 Å². The van der Waals surface area contributed by atoms with E-state index in [4.69, 9.17) is 0 Å². The number of pyridine rings is 1. The van der Waals surface area contributed by atoms with Crippen molar-refractivity contribution >= 4 is 38.3 Å². The summed E-state index contributed by atoms with van der Waals surface area (Å²) in [6.07, 6.45) is 8.93. The maximum absolute atomic E-state index is 12.4. The molecule has 10 heteroatoms. The number of anilines is 3. The zero-order valence-electron chi connectivity index (χ0n) is 17.6. The Morgan fingerprint density at radius 2 is 1.87 bits per heavy atom. The van der Waals surface area contributed by atoms with Gasteiger partial charge in [0.15, 0.2) is 9.84 Å². The number of nitrogens with zero attached hydrogens (tertiary/aromatic N) is 5. The molecule has 0 amide bonds. The standard InChI is InChI=1S/C21H27N7O2S/c1-31(29,30)19-12-15-13-24-21(26-20(15)28(19)16-4-2-3-5-16)25-18-7-6-17(14-23-18)27-10-8-22-9-11-27/h6-7,12-14,16,22H,2-5,8-11H2,1H3,(H,23,24,25,26). The van der Waals surface area contributed by atoms with Crippen molar-refractivity contribution in [3.05, 3.63) is 30.6 Å². The minimum Gasteiger partial charge on any atom is -0.368 e. The first-order valence-corrected chi connectivity index (χ1v) is 12.6. The first-order chi connectivity index (χ1) is 15.0. The molecule has 0 spiro atoms. The van der Waals surface area contributed by atoms with Crippen LogP contribution in [0.3, 0.4) is 0 Å². The normalized spacial score (nSPS) is 18.0. The molecule has 0 radical (unpaired) electrons. The lowest BCUT2D eigenvalue weighted by Gasteiger charge is -2.29. The molecule has 0 aromatic carbocycles. The lowest BCUT2D eigenvalue weighted by atomic mass is 10.2. The van der Waals surface area contributed by atoms with E-state index in [0.29, 0.717) is 22.4 Å². The SMILES string of the molecule is CS(=O)(=O)c1cc2cnc(Nc3ccc(N4CCNCC4)cn3)nc2n1C1CCCC1. The fraction of sp³-hybridized carbons (Fsp3) is 0.476. The highest BCUT2D eigenvalue weighted by atomic mass is 32.2. The van der Waals surface area contributed by atoms with Crippen LogP contribution in [0.15, 0.2) is 35.6 Å². The van der Waals surface area contributed by atoms with Crippen LogP contribution >= 0.6 is 0 Å². The van der Waals surface area contributed by atoms with Crippen LogP contribution < -0.4 is 15.5 Å². The third kappa shape index (κ3) is 4.09. The molecule has 1 saturated heterocycles. The summed E-state index contributed by atoms with van der Waals surface area (Å²) in [7, 11) is -3.37. The molecule has 0 unspecified atom stereocenters. The summed E-state index contributed by atoms with van der Waals surface area (Å²) < 4.78 is 26.7. The molecule has 31 heavy (non-hydrogen) atoms. The summed E-state index contributed by atoms with van der Waals surface area (Å²) in [5, 5.41) is 7.57. The average Bonchev–Trinajstić information content (AvgIpc) is 3.42. The fourth-order valence-corrected chi connectivity index (χ4v) is 5.46. The second-order valence-electron chi connectivity index (χ2n) is 8.30. The number of hydrogen-bond donors (Lipinski definition) is 2. The van der Waals surface area contributed by atoms with Gasteiger partial charge in [0.1, 0.15) is 16.5 Å². The summed E-state index contributed by atoms with van der Waals surface area (Å²) in [4.78, 5) is 15.9. The summed E-state index contributed by atoms with van der Waals surface area (Å²) in [6.45, 7) is 3.89. The Bertz CT molecular complexity index is 1180. The van der Waals surface area contributed by atoms with Crippen molar-refractivity contribution in [3.8, 4) is 0 Å². The van der Waals surface area contributed by atoms with E-state index in [9.17, 15) is 8.42 Å². The first-order valence-electron chi connectivity index (χ1n) is 10.8. The molecule has 1 aliphatic heterocycles. The molecule has 2 aliphatic rings. The van der Waals surface area contributed by atoms with Gasteiger partial charge in [-0.15, -0.1) is 0 Å². The minimum atomic E-state index is -3.37. The van der Waals surface area contributed by atoms with Crippen LogP contribution in [0.4, 0.5) is 17.5 Å². The fourth-order valence-electron chi connectivity index (χ4n) is 4.53. The minimum absolute atomic E-state index is 0.154. The predicted molar refractivity (Wildman–Crippen MR) is 121 cm³/mol. The number of hydrogen-bond acceptors (Lipinski definition) is 8. The topological polar surface area (TPSA) is 105 Å². The molecule has 3 aromatic rings. The molecule has 1 aliphatic carbocycles. The van der Waals surface area contributed by atoms with Crippen molar-refractivity contribution in [1.82, 2.24) is 24.8 Å². The maximum atomic E-state index is 12.4. The zero-order chi connectivity index (χ0) is 21.4. The van der Waals surface area contributed by atoms with Crippen LogP contribution in [0.5, 0.6) is 0 Å². The molecule has 1 saturated carbocycles. The van der Waals surface area contributed by atoms with E-state index < -0.39 is 9.84 Å². The van der Waals surface area contributed by atoms with E-state index in [1.807, 2.05) is 22.9 Å². The van der Waals surface area contributed by atoms with Crippen molar-refractivity contribution in [3.63, 3.8) is 0 Å². The third-order valence-electron chi connectivity index (χ3n) is 6.08. The lowest BCUT2D eigenvalue weighted by molar-refractivity contribution is 0.489. The average molecular weight is 442 g/mol. The third-order valence-corrected chi connectivity index (χ3v) is 7.15. The van der Waals surface area contributed by atoms with Gasteiger partial charge in [-0.05, 0) is 31.0 Å². The van der Waals surface area contributed by atoms with Crippen LogP contribution in [0.25, 0.3) is 11.0 Å². The van der Waals surface area contributed by atoms with Gasteiger partial charge in [-0.3, -0.25) is 0 Å². The highest BCUT2D eigenvalue weighted by Crippen LogP contribution is 2.36. The van der Waals surface area contributed by atoms with Crippen molar-refractivity contribution in [1.29, 1.82) is 0 Å². The number of aromatic nitrogens is 4. The largest absolute Gasteiger partial charge is 0.368 e. The Hall–Kier alpha value is -2.72. The second-order valence-corrected chi connectivity index (χ2v) is 10.3. The summed E-state index contributed by atoms with van der Waals surface area (Å²) in [6, 6.07) is 5.81. The number of piperazine rings is 1.